The van der Waals surface area contributed by atoms with Crippen LogP contribution in [0.3, 0.4) is 0 Å². The van der Waals surface area contributed by atoms with E-state index in [2.05, 4.69) is 20.4 Å². The number of thioether (sulfide) groups is 1. The predicted molar refractivity (Wildman–Crippen MR) is 100 cm³/mol. The molecule has 0 radical (unpaired) electrons. The minimum atomic E-state index is -0.521. The van der Waals surface area contributed by atoms with E-state index in [9.17, 15) is 9.18 Å². The molecule has 0 unspecified atom stereocenters. The van der Waals surface area contributed by atoms with Gasteiger partial charge in [-0.25, -0.2) is 13.9 Å². The van der Waals surface area contributed by atoms with Gasteiger partial charge in [-0.1, -0.05) is 23.4 Å². The van der Waals surface area contributed by atoms with E-state index in [0.717, 1.165) is 17.0 Å². The fraction of sp³-hybridized carbons (Fsp3) is 0.294. The first-order valence-electron chi connectivity index (χ1n) is 7.90. The number of carbonyl (C=O) groups is 1. The van der Waals surface area contributed by atoms with Crippen LogP contribution in [0.15, 0.2) is 23.4 Å². The van der Waals surface area contributed by atoms with Crippen LogP contribution < -0.4 is 5.32 Å². The average molecular weight is 394 g/mol. The maximum Gasteiger partial charge on any atom is 0.253 e. The maximum atomic E-state index is 13.2. The molecule has 0 atom stereocenters. The number of amides is 1. The lowest BCUT2D eigenvalue weighted by atomic mass is 10.1. The predicted octanol–water partition coefficient (Wildman–Crippen LogP) is 3.83. The standard InChI is InChI=1S/C17H17ClFN5OS/c1-9-12(10(2)24-16(20-9)22-17(23-24)26-3)5-7-15(25)21-11-4-6-14(19)13(18)8-11/h4,6,8H,5,7H2,1-3H3,(H,21,25). The zero-order chi connectivity index (χ0) is 18.8. The van der Waals surface area contributed by atoms with E-state index >= 15 is 0 Å². The van der Waals surface area contributed by atoms with E-state index in [0.29, 0.717) is 23.0 Å². The fourth-order valence-electron chi connectivity index (χ4n) is 2.67. The molecule has 0 spiro atoms. The van der Waals surface area contributed by atoms with Gasteiger partial charge in [0.1, 0.15) is 5.82 Å². The van der Waals surface area contributed by atoms with Gasteiger partial charge in [-0.05, 0) is 50.3 Å². The van der Waals surface area contributed by atoms with Gasteiger partial charge in [-0.15, -0.1) is 5.10 Å². The van der Waals surface area contributed by atoms with Crippen molar-refractivity contribution in [3.63, 3.8) is 0 Å². The Morgan fingerprint density at radius 3 is 2.81 bits per heavy atom. The van der Waals surface area contributed by atoms with E-state index in [1.807, 2.05) is 20.1 Å². The van der Waals surface area contributed by atoms with Gasteiger partial charge in [0.15, 0.2) is 0 Å². The van der Waals surface area contributed by atoms with Gasteiger partial charge in [-0.3, -0.25) is 4.79 Å². The third-order valence-corrected chi connectivity index (χ3v) is 4.85. The average Bonchev–Trinajstić information content (AvgIpc) is 3.01. The highest BCUT2D eigenvalue weighted by molar-refractivity contribution is 7.98. The van der Waals surface area contributed by atoms with Crippen molar-refractivity contribution in [2.45, 2.75) is 31.8 Å². The van der Waals surface area contributed by atoms with Crippen LogP contribution in [-0.4, -0.2) is 31.7 Å². The Kier molecular flexibility index (Phi) is 5.43. The molecule has 26 heavy (non-hydrogen) atoms. The van der Waals surface area contributed by atoms with Crippen LogP contribution in [0.4, 0.5) is 10.1 Å². The number of anilines is 1. The summed E-state index contributed by atoms with van der Waals surface area (Å²) in [6, 6.07) is 4.08. The highest BCUT2D eigenvalue weighted by Gasteiger charge is 2.14. The number of aryl methyl sites for hydroxylation is 2. The summed E-state index contributed by atoms with van der Waals surface area (Å²) in [4.78, 5) is 21.0. The van der Waals surface area contributed by atoms with Crippen molar-refractivity contribution >= 4 is 40.7 Å². The van der Waals surface area contributed by atoms with Crippen LogP contribution in [0.1, 0.15) is 23.4 Å². The normalized spacial score (nSPS) is 11.1. The van der Waals surface area contributed by atoms with Crippen LogP contribution in [0.5, 0.6) is 0 Å². The van der Waals surface area contributed by atoms with Crippen LogP contribution in [-0.2, 0) is 11.2 Å². The molecule has 0 saturated carbocycles. The Balaban J connectivity index is 1.74. The summed E-state index contributed by atoms with van der Waals surface area (Å²) in [7, 11) is 0. The van der Waals surface area contributed by atoms with Gasteiger partial charge in [0.05, 0.1) is 5.02 Å². The highest BCUT2D eigenvalue weighted by Crippen LogP contribution is 2.21. The maximum absolute atomic E-state index is 13.2. The van der Waals surface area contributed by atoms with Gasteiger partial charge >= 0.3 is 0 Å². The SMILES string of the molecule is CSc1nc2nc(C)c(CCC(=O)Nc3ccc(F)c(Cl)c3)c(C)n2n1. The van der Waals surface area contributed by atoms with Crippen molar-refractivity contribution in [1.29, 1.82) is 0 Å². The van der Waals surface area contributed by atoms with Crippen molar-refractivity contribution in [1.82, 2.24) is 19.6 Å². The summed E-state index contributed by atoms with van der Waals surface area (Å²) in [5.41, 5.74) is 3.16. The molecule has 2 aromatic heterocycles. The Morgan fingerprint density at radius 1 is 1.35 bits per heavy atom. The molecule has 1 N–H and O–H groups in total. The van der Waals surface area contributed by atoms with E-state index < -0.39 is 5.82 Å². The van der Waals surface area contributed by atoms with Gasteiger partial charge in [-0.2, -0.15) is 4.98 Å². The monoisotopic (exact) mass is 393 g/mol. The summed E-state index contributed by atoms with van der Waals surface area (Å²) < 4.78 is 14.9. The Morgan fingerprint density at radius 2 is 2.12 bits per heavy atom. The molecule has 9 heteroatoms. The van der Waals surface area contributed by atoms with Gasteiger partial charge in [0, 0.05) is 23.5 Å². The largest absolute Gasteiger partial charge is 0.326 e. The molecule has 0 aliphatic carbocycles. The summed E-state index contributed by atoms with van der Waals surface area (Å²) in [5, 5.41) is 7.75. The molecule has 1 amide bonds. The molecule has 136 valence electrons. The Bertz CT molecular complexity index is 991. The highest BCUT2D eigenvalue weighted by atomic mass is 35.5. The summed E-state index contributed by atoms with van der Waals surface area (Å²) in [5.74, 6) is -0.152. The topological polar surface area (TPSA) is 72.2 Å². The van der Waals surface area contributed by atoms with Crippen molar-refractivity contribution in [3.05, 3.63) is 46.0 Å². The first-order chi connectivity index (χ1) is 12.4. The number of nitrogens with one attached hydrogen (secondary N) is 1. The summed E-state index contributed by atoms with van der Waals surface area (Å²) in [6.45, 7) is 3.83. The van der Waals surface area contributed by atoms with Crippen molar-refractivity contribution < 1.29 is 9.18 Å². The zero-order valence-electron chi connectivity index (χ0n) is 14.5. The molecule has 3 rings (SSSR count). The molecule has 0 saturated heterocycles. The first-order valence-corrected chi connectivity index (χ1v) is 9.51. The first kappa shape index (κ1) is 18.6. The van der Waals surface area contributed by atoms with Crippen molar-refractivity contribution in [3.8, 4) is 0 Å². The second-order valence-corrected chi connectivity index (χ2v) is 6.93. The zero-order valence-corrected chi connectivity index (χ0v) is 16.1. The minimum absolute atomic E-state index is 0.0279. The molecule has 1 aromatic carbocycles. The van der Waals surface area contributed by atoms with E-state index in [4.69, 9.17) is 11.6 Å². The lowest BCUT2D eigenvalue weighted by Crippen LogP contribution is -2.14. The van der Waals surface area contributed by atoms with E-state index in [1.165, 1.54) is 30.0 Å². The van der Waals surface area contributed by atoms with E-state index in [1.54, 1.807) is 4.52 Å². The number of benzene rings is 1. The number of hydrogen-bond donors (Lipinski definition) is 1. The molecule has 0 aliphatic rings. The van der Waals surface area contributed by atoms with Crippen LogP contribution in [0.2, 0.25) is 5.02 Å². The quantitative estimate of drug-likeness (QED) is 0.667. The lowest BCUT2D eigenvalue weighted by molar-refractivity contribution is -0.116. The van der Waals surface area contributed by atoms with Crippen LogP contribution >= 0.6 is 23.4 Å². The Labute approximate surface area is 159 Å². The van der Waals surface area contributed by atoms with Crippen LogP contribution in [0.25, 0.3) is 5.78 Å². The second kappa shape index (κ2) is 7.59. The molecule has 6 nitrogen and oxygen atoms in total. The smallest absolute Gasteiger partial charge is 0.253 e. The second-order valence-electron chi connectivity index (χ2n) is 5.75. The number of rotatable bonds is 5. The third-order valence-electron chi connectivity index (χ3n) is 4.02. The number of hydrogen-bond acceptors (Lipinski definition) is 5. The van der Waals surface area contributed by atoms with Gasteiger partial charge in [0.25, 0.3) is 5.78 Å². The molecule has 0 bridgehead atoms. The number of carbonyl (C=O) groups excluding carboxylic acids is 1. The number of aromatic nitrogens is 4. The number of fused-ring (bicyclic) bond motifs is 1. The van der Waals surface area contributed by atoms with Gasteiger partial charge < -0.3 is 5.32 Å². The molecule has 0 fully saturated rings. The number of halogens is 2. The number of nitrogens with zero attached hydrogens (tertiary/aromatic N) is 4. The van der Waals surface area contributed by atoms with Crippen molar-refractivity contribution in [2.75, 3.05) is 11.6 Å². The molecule has 0 aliphatic heterocycles. The van der Waals surface area contributed by atoms with Crippen LogP contribution in [0, 0.1) is 19.7 Å². The minimum Gasteiger partial charge on any atom is -0.326 e. The molecular weight excluding hydrogens is 377 g/mol. The van der Waals surface area contributed by atoms with E-state index in [-0.39, 0.29) is 17.4 Å². The summed E-state index contributed by atoms with van der Waals surface area (Å²) >= 11 is 7.18. The molecular formula is C17H17ClFN5OS. The third kappa shape index (κ3) is 3.81. The lowest BCUT2D eigenvalue weighted by Gasteiger charge is -2.10. The fourth-order valence-corrected chi connectivity index (χ4v) is 3.19. The summed E-state index contributed by atoms with van der Waals surface area (Å²) in [6.07, 6.45) is 2.67. The van der Waals surface area contributed by atoms with Crippen molar-refractivity contribution in [2.24, 2.45) is 0 Å². The Hall–Kier alpha value is -2.19. The molecule has 3 aromatic rings. The van der Waals surface area contributed by atoms with Gasteiger partial charge in [0.2, 0.25) is 11.1 Å². The molecule has 2 heterocycles.